The quantitative estimate of drug-likeness (QED) is 0.462. The maximum atomic E-state index is 4.65. The monoisotopic (exact) mass is 300 g/mol. The summed E-state index contributed by atoms with van der Waals surface area (Å²) in [5.41, 5.74) is 4.00. The first kappa shape index (κ1) is 9.09. The standard InChI is InChI=1S/C12H7N2.Sn.H/c1-2-6-10-9(5-1)13-11-7-3-4-8-12(11)14-10;;/h1-7H;;. The van der Waals surface area contributed by atoms with Gasteiger partial charge in [-0.15, -0.1) is 0 Å². The summed E-state index contributed by atoms with van der Waals surface area (Å²) in [6, 6.07) is 14.2. The Bertz CT molecular complexity index is 649. The van der Waals surface area contributed by atoms with Gasteiger partial charge in [-0.2, -0.15) is 0 Å². The van der Waals surface area contributed by atoms with E-state index in [0.717, 1.165) is 44.6 Å². The van der Waals surface area contributed by atoms with Gasteiger partial charge in [0.2, 0.25) is 0 Å². The third-order valence-corrected chi connectivity index (χ3v) is 3.73. The molecule has 0 amide bonds. The SMILES string of the molecule is [SnH][c]1cccc2nc3ccccc3nc12. The second kappa shape index (κ2) is 3.45. The Balaban J connectivity index is 2.53. The molecule has 15 heavy (non-hydrogen) atoms. The molecule has 3 aromatic rings. The van der Waals surface area contributed by atoms with Crippen LogP contribution >= 0.6 is 0 Å². The molecule has 0 aliphatic heterocycles. The molecule has 0 atom stereocenters. The van der Waals surface area contributed by atoms with E-state index >= 15 is 0 Å². The van der Waals surface area contributed by atoms with Crippen molar-refractivity contribution in [3.8, 4) is 0 Å². The molecule has 0 aliphatic carbocycles. The molecule has 0 aliphatic rings. The minimum atomic E-state index is 0.969. The van der Waals surface area contributed by atoms with Gasteiger partial charge in [0.05, 0.1) is 0 Å². The third-order valence-electron chi connectivity index (χ3n) is 2.40. The van der Waals surface area contributed by atoms with Crippen molar-refractivity contribution in [3.05, 3.63) is 42.5 Å². The van der Waals surface area contributed by atoms with Gasteiger partial charge in [0, 0.05) is 0 Å². The van der Waals surface area contributed by atoms with Gasteiger partial charge in [-0.25, -0.2) is 0 Å². The molecule has 3 heteroatoms. The van der Waals surface area contributed by atoms with Crippen LogP contribution in [0.1, 0.15) is 0 Å². The van der Waals surface area contributed by atoms with Crippen molar-refractivity contribution in [1.82, 2.24) is 9.97 Å². The average Bonchev–Trinajstić information content (AvgIpc) is 2.27. The van der Waals surface area contributed by atoms with Crippen LogP contribution in [0.15, 0.2) is 42.5 Å². The fourth-order valence-electron chi connectivity index (χ4n) is 1.66. The van der Waals surface area contributed by atoms with Crippen molar-refractivity contribution < 1.29 is 0 Å². The molecule has 0 saturated carbocycles. The molecule has 0 fully saturated rings. The predicted molar refractivity (Wildman–Crippen MR) is 63.8 cm³/mol. The Labute approximate surface area is 100 Å². The Hall–Kier alpha value is -1.16. The Morgan fingerprint density at radius 2 is 1.40 bits per heavy atom. The van der Waals surface area contributed by atoms with E-state index in [1.54, 1.807) is 0 Å². The molecule has 0 spiro atoms. The van der Waals surface area contributed by atoms with Crippen molar-refractivity contribution in [2.75, 3.05) is 0 Å². The number of rotatable bonds is 0. The number of nitrogens with zero attached hydrogens (tertiary/aromatic N) is 2. The molecule has 3 rings (SSSR count). The van der Waals surface area contributed by atoms with Crippen LogP contribution in [0.5, 0.6) is 0 Å². The summed E-state index contributed by atoms with van der Waals surface area (Å²) in [5, 5.41) is 0. The van der Waals surface area contributed by atoms with Crippen LogP contribution in [0.2, 0.25) is 0 Å². The van der Waals surface area contributed by atoms with E-state index in [9.17, 15) is 0 Å². The summed E-state index contributed by atoms with van der Waals surface area (Å²) in [6.45, 7) is 0. The van der Waals surface area contributed by atoms with Crippen molar-refractivity contribution >= 4 is 48.2 Å². The molecule has 0 bridgehead atoms. The molecule has 2 aromatic carbocycles. The third kappa shape index (κ3) is 1.49. The van der Waals surface area contributed by atoms with E-state index in [-0.39, 0.29) is 0 Å². The van der Waals surface area contributed by atoms with E-state index in [0.29, 0.717) is 0 Å². The van der Waals surface area contributed by atoms with Crippen molar-refractivity contribution in [1.29, 1.82) is 0 Å². The normalized spacial score (nSPS) is 11.0. The Morgan fingerprint density at radius 1 is 0.733 bits per heavy atom. The topological polar surface area (TPSA) is 25.8 Å². The molecule has 1 heterocycles. The maximum absolute atomic E-state index is 4.65. The first-order chi connectivity index (χ1) is 7.34. The van der Waals surface area contributed by atoms with Gasteiger partial charge in [-0.1, -0.05) is 0 Å². The van der Waals surface area contributed by atoms with E-state index in [4.69, 9.17) is 0 Å². The van der Waals surface area contributed by atoms with E-state index in [1.807, 2.05) is 36.4 Å². The number of aromatic nitrogens is 2. The Kier molecular flexibility index (Phi) is 2.09. The van der Waals surface area contributed by atoms with Gasteiger partial charge in [0.15, 0.2) is 0 Å². The fourth-order valence-corrected chi connectivity index (χ4v) is 2.59. The molecular formula is C12H8N2Sn. The molecular weight excluding hydrogens is 291 g/mol. The van der Waals surface area contributed by atoms with Crippen molar-refractivity contribution in [2.45, 2.75) is 0 Å². The van der Waals surface area contributed by atoms with Crippen LogP contribution in [-0.2, 0) is 0 Å². The summed E-state index contributed by atoms with van der Waals surface area (Å²) in [4.78, 5) is 9.24. The van der Waals surface area contributed by atoms with Gasteiger partial charge in [-0.05, 0) is 0 Å². The first-order valence-electron chi connectivity index (χ1n) is 4.75. The van der Waals surface area contributed by atoms with Gasteiger partial charge in [0.1, 0.15) is 0 Å². The zero-order valence-electron chi connectivity index (χ0n) is 8.01. The van der Waals surface area contributed by atoms with Crippen molar-refractivity contribution in [2.24, 2.45) is 0 Å². The molecule has 0 N–H and O–H groups in total. The van der Waals surface area contributed by atoms with Crippen LogP contribution in [0.4, 0.5) is 0 Å². The van der Waals surface area contributed by atoms with Crippen LogP contribution < -0.4 is 3.58 Å². The molecule has 1 aromatic heterocycles. The van der Waals surface area contributed by atoms with Crippen LogP contribution in [0, 0.1) is 0 Å². The van der Waals surface area contributed by atoms with Crippen molar-refractivity contribution in [3.63, 3.8) is 0 Å². The average molecular weight is 299 g/mol. The minimum absolute atomic E-state index is 0.969. The van der Waals surface area contributed by atoms with Crippen LogP contribution in [-0.4, -0.2) is 32.5 Å². The second-order valence-corrected chi connectivity index (χ2v) is 5.20. The number of hydrogen-bond acceptors (Lipinski definition) is 2. The van der Waals surface area contributed by atoms with Crippen LogP contribution in [0.25, 0.3) is 22.1 Å². The van der Waals surface area contributed by atoms with E-state index in [2.05, 4.69) is 16.0 Å². The number of hydrogen-bond donors (Lipinski definition) is 0. The first-order valence-corrected chi connectivity index (χ1v) is 6.40. The van der Waals surface area contributed by atoms with Gasteiger partial charge >= 0.3 is 101 Å². The van der Waals surface area contributed by atoms with Gasteiger partial charge < -0.3 is 0 Å². The van der Waals surface area contributed by atoms with Gasteiger partial charge in [-0.3, -0.25) is 0 Å². The number of para-hydroxylation sites is 3. The molecule has 0 unspecified atom stereocenters. The summed E-state index contributed by atoms with van der Waals surface area (Å²) in [6.07, 6.45) is 0. The fraction of sp³-hybridized carbons (Fsp3) is 0. The molecule has 2 nitrogen and oxygen atoms in total. The number of fused-ring (bicyclic) bond motifs is 2. The molecule has 70 valence electrons. The Morgan fingerprint density at radius 3 is 2.20 bits per heavy atom. The predicted octanol–water partition coefficient (Wildman–Crippen LogP) is 1.31. The summed E-state index contributed by atoms with van der Waals surface area (Å²) in [7, 11) is 0. The summed E-state index contributed by atoms with van der Waals surface area (Å²) in [5.74, 6) is 0. The van der Waals surface area contributed by atoms with Crippen LogP contribution in [0.3, 0.4) is 0 Å². The zero-order valence-corrected chi connectivity index (χ0v) is 11.3. The van der Waals surface area contributed by atoms with E-state index in [1.165, 1.54) is 3.58 Å². The molecule has 0 saturated heterocycles. The second-order valence-electron chi connectivity index (χ2n) is 3.43. The zero-order chi connectivity index (χ0) is 10.3. The molecule has 2 radical (unpaired) electrons. The summed E-state index contributed by atoms with van der Waals surface area (Å²) >= 11 is 1.08. The number of benzene rings is 2. The van der Waals surface area contributed by atoms with E-state index < -0.39 is 0 Å². The van der Waals surface area contributed by atoms with Gasteiger partial charge in [0.25, 0.3) is 0 Å². The summed E-state index contributed by atoms with van der Waals surface area (Å²) < 4.78 is 1.30.